The molecule has 72 valence electrons. The van der Waals surface area contributed by atoms with Crippen LogP contribution in [0, 0.1) is 0 Å². The van der Waals surface area contributed by atoms with Crippen LogP contribution < -0.4 is 5.73 Å². The number of nitrogens with two attached hydrogens (primary N) is 1. The Morgan fingerprint density at radius 3 is 2.67 bits per heavy atom. The Bertz CT molecular complexity index is 153. The molecule has 1 aliphatic heterocycles. The van der Waals surface area contributed by atoms with Crippen LogP contribution in [0.25, 0.3) is 0 Å². The van der Waals surface area contributed by atoms with Crippen LogP contribution in [0.2, 0.25) is 0 Å². The molecule has 12 heavy (non-hydrogen) atoms. The van der Waals surface area contributed by atoms with Crippen molar-refractivity contribution in [2.45, 2.75) is 37.6 Å². The smallest absolute Gasteiger partial charge is 0.190 e. The second-order valence-electron chi connectivity index (χ2n) is 2.96. The zero-order valence-corrected chi connectivity index (χ0v) is 7.11. The molecule has 0 saturated carbocycles. The maximum atomic E-state index is 13.1. The molecule has 4 nitrogen and oxygen atoms in total. The Morgan fingerprint density at radius 2 is 2.17 bits per heavy atom. The van der Waals surface area contributed by atoms with E-state index in [9.17, 15) is 9.50 Å². The largest absolute Gasteiger partial charge is 0.389 e. The maximum absolute atomic E-state index is 13.1. The van der Waals surface area contributed by atoms with Crippen LogP contribution in [-0.2, 0) is 9.47 Å². The van der Waals surface area contributed by atoms with Crippen molar-refractivity contribution < 1.29 is 19.0 Å². The Kier molecular flexibility index (Phi) is 3.00. The quantitative estimate of drug-likeness (QED) is 0.564. The second-order valence-corrected chi connectivity index (χ2v) is 2.96. The predicted octanol–water partition coefficient (Wildman–Crippen LogP) is -0.596. The lowest BCUT2D eigenvalue weighted by atomic mass is 9.99. The number of halogens is 1. The standard InChI is InChI=1S/C7H14FNO3/c1-3-6(10)5(9)4(8)7(11-2)12-3/h3-7,10H,9H2,1-2H3/t3-,4-,5+,6-,7-/m1/s1. The van der Waals surface area contributed by atoms with Gasteiger partial charge in [0.05, 0.1) is 18.2 Å². The van der Waals surface area contributed by atoms with E-state index in [2.05, 4.69) is 0 Å². The summed E-state index contributed by atoms with van der Waals surface area (Å²) in [6.45, 7) is 1.63. The van der Waals surface area contributed by atoms with Gasteiger partial charge in [-0.1, -0.05) is 0 Å². The van der Waals surface area contributed by atoms with Crippen LogP contribution in [0.15, 0.2) is 0 Å². The van der Waals surface area contributed by atoms with Gasteiger partial charge in [-0.25, -0.2) is 4.39 Å². The van der Waals surface area contributed by atoms with Crippen LogP contribution in [-0.4, -0.2) is 42.9 Å². The van der Waals surface area contributed by atoms with Crippen LogP contribution in [0.5, 0.6) is 0 Å². The molecule has 5 heteroatoms. The third-order valence-electron chi connectivity index (χ3n) is 2.08. The van der Waals surface area contributed by atoms with Gasteiger partial charge in [0.15, 0.2) is 12.5 Å². The lowest BCUT2D eigenvalue weighted by Crippen LogP contribution is -2.59. The SMILES string of the molecule is CO[C@@H]1O[C@H](C)[C@@H](O)[C@@H](N)[C@H]1F. The first-order valence-corrected chi connectivity index (χ1v) is 3.84. The van der Waals surface area contributed by atoms with Crippen molar-refractivity contribution in [1.29, 1.82) is 0 Å². The normalized spacial score (nSPS) is 49.2. The van der Waals surface area contributed by atoms with Crippen molar-refractivity contribution >= 4 is 0 Å². The van der Waals surface area contributed by atoms with E-state index in [-0.39, 0.29) is 0 Å². The summed E-state index contributed by atoms with van der Waals surface area (Å²) in [5, 5.41) is 9.28. The fourth-order valence-corrected chi connectivity index (χ4v) is 1.24. The number of hydrogen-bond acceptors (Lipinski definition) is 4. The molecule has 0 bridgehead atoms. The molecule has 1 aliphatic rings. The summed E-state index contributed by atoms with van der Waals surface area (Å²) >= 11 is 0. The van der Waals surface area contributed by atoms with Gasteiger partial charge in [-0.3, -0.25) is 0 Å². The van der Waals surface area contributed by atoms with E-state index < -0.39 is 30.7 Å². The molecule has 0 aromatic rings. The summed E-state index contributed by atoms with van der Waals surface area (Å²) in [7, 11) is 1.34. The first-order chi connectivity index (χ1) is 5.57. The van der Waals surface area contributed by atoms with Crippen LogP contribution >= 0.6 is 0 Å². The lowest BCUT2D eigenvalue weighted by molar-refractivity contribution is -0.242. The van der Waals surface area contributed by atoms with Gasteiger partial charge in [0.2, 0.25) is 0 Å². The molecule has 3 N–H and O–H groups in total. The van der Waals surface area contributed by atoms with Gasteiger partial charge < -0.3 is 20.3 Å². The van der Waals surface area contributed by atoms with Crippen LogP contribution in [0.4, 0.5) is 4.39 Å². The van der Waals surface area contributed by atoms with Crippen molar-refractivity contribution in [2.75, 3.05) is 7.11 Å². The number of methoxy groups -OCH3 is 1. The van der Waals surface area contributed by atoms with Crippen molar-refractivity contribution in [1.82, 2.24) is 0 Å². The number of alkyl halides is 1. The average molecular weight is 179 g/mol. The second kappa shape index (κ2) is 3.66. The molecule has 1 saturated heterocycles. The average Bonchev–Trinajstić information content (AvgIpc) is 2.08. The molecule has 0 spiro atoms. The third kappa shape index (κ3) is 1.59. The molecule has 0 aliphatic carbocycles. The number of aliphatic hydroxyl groups is 1. The summed E-state index contributed by atoms with van der Waals surface area (Å²) < 4.78 is 22.8. The highest BCUT2D eigenvalue weighted by molar-refractivity contribution is 4.90. The van der Waals surface area contributed by atoms with Crippen molar-refractivity contribution in [3.05, 3.63) is 0 Å². The minimum atomic E-state index is -1.47. The number of ether oxygens (including phenoxy) is 2. The highest BCUT2D eigenvalue weighted by atomic mass is 19.1. The van der Waals surface area contributed by atoms with Crippen LogP contribution in [0.3, 0.4) is 0 Å². The van der Waals surface area contributed by atoms with Crippen molar-refractivity contribution in [2.24, 2.45) is 5.73 Å². The van der Waals surface area contributed by atoms with Gasteiger partial charge in [-0.15, -0.1) is 0 Å². The zero-order chi connectivity index (χ0) is 9.30. The van der Waals surface area contributed by atoms with E-state index in [1.54, 1.807) is 6.92 Å². The summed E-state index contributed by atoms with van der Waals surface area (Å²) in [5.74, 6) is 0. The minimum absolute atomic E-state index is 0.489. The highest BCUT2D eigenvalue weighted by Crippen LogP contribution is 2.22. The van der Waals surface area contributed by atoms with E-state index in [4.69, 9.17) is 15.2 Å². The monoisotopic (exact) mass is 179 g/mol. The number of hydrogen-bond donors (Lipinski definition) is 2. The van der Waals surface area contributed by atoms with E-state index in [0.717, 1.165) is 0 Å². The Labute approximate surface area is 70.4 Å². The molecule has 0 aromatic heterocycles. The van der Waals surface area contributed by atoms with E-state index in [1.165, 1.54) is 7.11 Å². The molecule has 0 unspecified atom stereocenters. The van der Waals surface area contributed by atoms with Crippen molar-refractivity contribution in [3.63, 3.8) is 0 Å². The summed E-state index contributed by atoms with van der Waals surface area (Å²) in [4.78, 5) is 0. The van der Waals surface area contributed by atoms with E-state index >= 15 is 0 Å². The summed E-state index contributed by atoms with van der Waals surface area (Å²) in [6.07, 6.45) is -3.89. The van der Waals surface area contributed by atoms with Gasteiger partial charge >= 0.3 is 0 Å². The lowest BCUT2D eigenvalue weighted by Gasteiger charge is -2.37. The van der Waals surface area contributed by atoms with Gasteiger partial charge in [0.1, 0.15) is 0 Å². The van der Waals surface area contributed by atoms with Crippen molar-refractivity contribution in [3.8, 4) is 0 Å². The third-order valence-corrected chi connectivity index (χ3v) is 2.08. The molecule has 5 atom stereocenters. The van der Waals surface area contributed by atoms with Gasteiger partial charge in [0, 0.05) is 7.11 Å². The molecule has 1 heterocycles. The number of rotatable bonds is 1. The molecule has 0 radical (unpaired) electrons. The molecule has 1 rings (SSSR count). The molecular weight excluding hydrogens is 165 g/mol. The number of aliphatic hydroxyl groups excluding tert-OH is 1. The molecule has 0 aromatic carbocycles. The Balaban J connectivity index is 2.63. The Hall–Kier alpha value is -0.230. The first kappa shape index (κ1) is 9.85. The molecule has 0 amide bonds. The Morgan fingerprint density at radius 1 is 1.58 bits per heavy atom. The molecular formula is C7H14FNO3. The van der Waals surface area contributed by atoms with E-state index in [1.807, 2.05) is 0 Å². The van der Waals surface area contributed by atoms with E-state index in [0.29, 0.717) is 0 Å². The maximum Gasteiger partial charge on any atom is 0.190 e. The fourth-order valence-electron chi connectivity index (χ4n) is 1.24. The fraction of sp³-hybridized carbons (Fsp3) is 1.00. The van der Waals surface area contributed by atoms with Gasteiger partial charge in [0.25, 0.3) is 0 Å². The summed E-state index contributed by atoms with van der Waals surface area (Å²) in [5.41, 5.74) is 5.39. The molecule has 1 fully saturated rings. The minimum Gasteiger partial charge on any atom is -0.389 e. The van der Waals surface area contributed by atoms with Crippen LogP contribution in [0.1, 0.15) is 6.92 Å². The van der Waals surface area contributed by atoms with Gasteiger partial charge in [-0.2, -0.15) is 0 Å². The highest BCUT2D eigenvalue weighted by Gasteiger charge is 2.41. The first-order valence-electron chi connectivity index (χ1n) is 3.84. The topological polar surface area (TPSA) is 64.7 Å². The zero-order valence-electron chi connectivity index (χ0n) is 7.11. The summed E-state index contributed by atoms with van der Waals surface area (Å²) in [6, 6.07) is -0.932. The van der Waals surface area contributed by atoms with Gasteiger partial charge in [-0.05, 0) is 6.92 Å². The predicted molar refractivity (Wildman–Crippen MR) is 40.2 cm³/mol.